The number of carbonyl (C=O) groups excluding carboxylic acids is 2. The summed E-state index contributed by atoms with van der Waals surface area (Å²) in [5.74, 6) is -0.754. The Morgan fingerprint density at radius 2 is 2.09 bits per heavy atom. The van der Waals surface area contributed by atoms with Gasteiger partial charge in [-0.1, -0.05) is 11.6 Å². The van der Waals surface area contributed by atoms with E-state index in [-0.39, 0.29) is 40.7 Å². The van der Waals surface area contributed by atoms with Crippen molar-refractivity contribution in [3.63, 3.8) is 0 Å². The molecule has 0 aliphatic heterocycles. The average Bonchev–Trinajstić information content (AvgIpc) is 3.22. The molecule has 0 spiro atoms. The van der Waals surface area contributed by atoms with Crippen molar-refractivity contribution in [1.82, 2.24) is 24.8 Å². The van der Waals surface area contributed by atoms with E-state index in [1.807, 2.05) is 23.7 Å². The second-order valence-electron chi connectivity index (χ2n) is 6.93. The van der Waals surface area contributed by atoms with Crippen LogP contribution >= 0.6 is 11.6 Å². The van der Waals surface area contributed by atoms with Crippen molar-refractivity contribution in [3.8, 4) is 17.7 Å². The van der Waals surface area contributed by atoms with E-state index in [2.05, 4.69) is 30.2 Å². The Morgan fingerprint density at radius 1 is 1.32 bits per heavy atom. The van der Waals surface area contributed by atoms with Crippen LogP contribution in [0.3, 0.4) is 0 Å². The van der Waals surface area contributed by atoms with Gasteiger partial charge < -0.3 is 19.8 Å². The van der Waals surface area contributed by atoms with Crippen LogP contribution in [0.15, 0.2) is 29.9 Å². The molecule has 0 radical (unpaired) electrons. The number of hydrazone groups is 1. The molecule has 13 nitrogen and oxygen atoms in total. The molecule has 1 aromatic carbocycles. The average molecular weight is 486 g/mol. The summed E-state index contributed by atoms with van der Waals surface area (Å²) >= 11 is 6.34. The Bertz CT molecular complexity index is 1290. The van der Waals surface area contributed by atoms with Gasteiger partial charge in [0.1, 0.15) is 12.4 Å². The monoisotopic (exact) mass is 485 g/mol. The second-order valence-corrected chi connectivity index (χ2v) is 7.34. The van der Waals surface area contributed by atoms with E-state index in [1.54, 1.807) is 19.3 Å². The van der Waals surface area contributed by atoms with E-state index in [9.17, 15) is 9.59 Å². The van der Waals surface area contributed by atoms with Gasteiger partial charge in [0.15, 0.2) is 16.9 Å². The molecule has 3 aromatic rings. The number of hydrogen-bond acceptors (Lipinski definition) is 11. The lowest BCUT2D eigenvalue weighted by Gasteiger charge is -2.12. The SMILES string of the molecule is CCOC(=O)NC(=O)/C(C#N)=N/Nc1cc(N)c(Oc2ncnc3c2ncn3C(C)C)c(Cl)c1. The number of aromatic nitrogens is 4. The van der Waals surface area contributed by atoms with Gasteiger partial charge in [-0.05, 0) is 32.9 Å². The highest BCUT2D eigenvalue weighted by molar-refractivity contribution is 6.46. The van der Waals surface area contributed by atoms with Crippen LogP contribution in [0, 0.1) is 11.3 Å². The predicted octanol–water partition coefficient (Wildman–Crippen LogP) is 3.00. The number of ether oxygens (including phenoxy) is 2. The minimum atomic E-state index is -1.04. The third-order valence-electron chi connectivity index (χ3n) is 4.26. The zero-order valence-electron chi connectivity index (χ0n) is 18.4. The van der Waals surface area contributed by atoms with E-state index >= 15 is 0 Å². The summed E-state index contributed by atoms with van der Waals surface area (Å²) in [6.45, 7) is 5.61. The number of imide groups is 1. The van der Waals surface area contributed by atoms with Crippen LogP contribution in [0.5, 0.6) is 11.6 Å². The van der Waals surface area contributed by atoms with Crippen molar-refractivity contribution < 1.29 is 19.1 Å². The quantitative estimate of drug-likeness (QED) is 0.255. The first-order valence-electron chi connectivity index (χ1n) is 9.91. The molecule has 176 valence electrons. The number of fused-ring (bicyclic) bond motifs is 1. The molecule has 2 heterocycles. The molecule has 0 fully saturated rings. The van der Waals surface area contributed by atoms with Gasteiger partial charge in [-0.25, -0.2) is 14.8 Å². The highest BCUT2D eigenvalue weighted by Gasteiger charge is 2.18. The summed E-state index contributed by atoms with van der Waals surface area (Å²) in [6.07, 6.45) is 1.98. The highest BCUT2D eigenvalue weighted by Crippen LogP contribution is 2.38. The van der Waals surface area contributed by atoms with Crippen LogP contribution in [-0.4, -0.2) is 43.8 Å². The van der Waals surface area contributed by atoms with Crippen molar-refractivity contribution in [2.24, 2.45) is 5.10 Å². The van der Waals surface area contributed by atoms with Crippen LogP contribution in [0.1, 0.15) is 26.8 Å². The number of nitriles is 1. The van der Waals surface area contributed by atoms with Crippen molar-refractivity contribution in [2.75, 3.05) is 17.8 Å². The molecule has 4 N–H and O–H groups in total. The third kappa shape index (κ3) is 5.30. The molecule has 0 unspecified atom stereocenters. The summed E-state index contributed by atoms with van der Waals surface area (Å²) in [4.78, 5) is 36.0. The normalized spacial score (nSPS) is 11.2. The fraction of sp³-hybridized carbons (Fsp3) is 0.250. The second kappa shape index (κ2) is 10.5. The first-order valence-corrected chi connectivity index (χ1v) is 10.3. The number of alkyl carbamates (subject to hydrolysis) is 1. The fourth-order valence-corrected chi connectivity index (χ4v) is 3.00. The Labute approximate surface area is 198 Å². The topological polar surface area (TPSA) is 182 Å². The van der Waals surface area contributed by atoms with Gasteiger partial charge >= 0.3 is 6.09 Å². The molecule has 3 rings (SSSR count). The number of halogens is 1. The maximum absolute atomic E-state index is 11.9. The van der Waals surface area contributed by atoms with Crippen LogP contribution in [0.25, 0.3) is 11.2 Å². The van der Waals surface area contributed by atoms with Crippen molar-refractivity contribution in [3.05, 3.63) is 29.8 Å². The van der Waals surface area contributed by atoms with Gasteiger partial charge in [-0.15, -0.1) is 0 Å². The van der Waals surface area contributed by atoms with E-state index in [0.29, 0.717) is 11.2 Å². The number of nitrogens with two attached hydrogens (primary N) is 1. The Balaban J connectivity index is 1.81. The molecular formula is C20H20ClN9O4. The molecule has 0 aliphatic carbocycles. The first-order chi connectivity index (χ1) is 16.2. The number of nitrogen functional groups attached to an aromatic ring is 1. The molecule has 0 atom stereocenters. The number of hydrogen-bond donors (Lipinski definition) is 3. The number of nitrogens with one attached hydrogen (secondary N) is 2. The maximum atomic E-state index is 11.9. The number of nitrogens with zero attached hydrogens (tertiary/aromatic N) is 6. The molecule has 34 heavy (non-hydrogen) atoms. The molecule has 0 bridgehead atoms. The first kappa shape index (κ1) is 24.2. The lowest BCUT2D eigenvalue weighted by atomic mass is 10.2. The van der Waals surface area contributed by atoms with Gasteiger partial charge in [-0.3, -0.25) is 15.5 Å². The van der Waals surface area contributed by atoms with E-state index in [1.165, 1.54) is 18.5 Å². The molecule has 14 heteroatoms. The third-order valence-corrected chi connectivity index (χ3v) is 4.54. The van der Waals surface area contributed by atoms with Gasteiger partial charge in [-0.2, -0.15) is 15.3 Å². The van der Waals surface area contributed by atoms with E-state index in [0.717, 1.165) is 0 Å². The number of carbonyl (C=O) groups is 2. The Kier molecular flexibility index (Phi) is 7.44. The summed E-state index contributed by atoms with van der Waals surface area (Å²) < 4.78 is 12.3. The van der Waals surface area contributed by atoms with Crippen LogP contribution in [-0.2, 0) is 9.53 Å². The van der Waals surface area contributed by atoms with Crippen LogP contribution in [0.2, 0.25) is 5.02 Å². The van der Waals surface area contributed by atoms with Crippen molar-refractivity contribution in [1.29, 1.82) is 5.26 Å². The smallest absolute Gasteiger partial charge is 0.414 e. The highest BCUT2D eigenvalue weighted by atomic mass is 35.5. The minimum absolute atomic E-state index is 0.0583. The lowest BCUT2D eigenvalue weighted by molar-refractivity contribution is -0.114. The Morgan fingerprint density at radius 3 is 2.74 bits per heavy atom. The fourth-order valence-electron chi connectivity index (χ4n) is 2.73. The number of imidazole rings is 1. The molecule has 2 amide bonds. The van der Waals surface area contributed by atoms with Crippen LogP contribution in [0.4, 0.5) is 16.2 Å². The van der Waals surface area contributed by atoms with Gasteiger partial charge in [0.2, 0.25) is 5.71 Å². The molecule has 0 saturated carbocycles. The summed E-state index contributed by atoms with van der Waals surface area (Å²) in [5, 5.41) is 14.8. The van der Waals surface area contributed by atoms with Gasteiger partial charge in [0, 0.05) is 6.04 Å². The van der Waals surface area contributed by atoms with Crippen molar-refractivity contribution in [2.45, 2.75) is 26.8 Å². The zero-order chi connectivity index (χ0) is 24.8. The zero-order valence-corrected chi connectivity index (χ0v) is 19.1. The number of benzene rings is 1. The predicted molar refractivity (Wildman–Crippen MR) is 123 cm³/mol. The Hall–Kier alpha value is -4.44. The van der Waals surface area contributed by atoms with E-state index < -0.39 is 17.7 Å². The van der Waals surface area contributed by atoms with Gasteiger partial charge in [0.25, 0.3) is 11.8 Å². The molecular weight excluding hydrogens is 466 g/mol. The maximum Gasteiger partial charge on any atom is 0.414 e. The summed E-state index contributed by atoms with van der Waals surface area (Å²) in [6, 6.07) is 4.55. The largest absolute Gasteiger partial charge is 0.450 e. The standard InChI is InChI=1S/C20H20ClN9O4/c1-4-33-20(32)27-18(31)14(7-22)29-28-11-5-12(21)16(13(23)6-11)34-19-15-17(24-8-25-19)30(9-26-15)10(2)3/h5-6,8-10,28H,4,23H2,1-3H3,(H,27,31,32)/b29-14+. The molecule has 0 saturated heterocycles. The van der Waals surface area contributed by atoms with Crippen LogP contribution < -0.4 is 21.2 Å². The number of amides is 2. The van der Waals surface area contributed by atoms with Crippen molar-refractivity contribution >= 4 is 51.9 Å². The minimum Gasteiger partial charge on any atom is -0.450 e. The molecule has 2 aromatic heterocycles. The lowest BCUT2D eigenvalue weighted by Crippen LogP contribution is -2.36. The molecule has 0 aliphatic rings. The number of rotatable bonds is 7. The summed E-state index contributed by atoms with van der Waals surface area (Å²) in [7, 11) is 0. The summed E-state index contributed by atoms with van der Waals surface area (Å²) in [5.41, 5.74) is 9.36. The number of anilines is 2. The van der Waals surface area contributed by atoms with E-state index in [4.69, 9.17) is 27.3 Å². The van der Waals surface area contributed by atoms with Gasteiger partial charge in [0.05, 0.1) is 29.3 Å².